The van der Waals surface area contributed by atoms with E-state index >= 15 is 0 Å². The maximum atomic E-state index is 13.3. The highest BCUT2D eigenvalue weighted by atomic mass is 19.1. The fourth-order valence-corrected chi connectivity index (χ4v) is 1.85. The molecule has 112 valence electrons. The Bertz CT molecular complexity index is 596. The first-order valence-corrected chi connectivity index (χ1v) is 6.43. The first-order chi connectivity index (χ1) is 9.82. The van der Waals surface area contributed by atoms with Gasteiger partial charge in [-0.2, -0.15) is 0 Å². The summed E-state index contributed by atoms with van der Waals surface area (Å²) in [5.41, 5.74) is -0.0404. The van der Waals surface area contributed by atoms with Gasteiger partial charge in [0, 0.05) is 19.4 Å². The molecule has 0 bridgehead atoms. The molecule has 0 spiro atoms. The van der Waals surface area contributed by atoms with Crippen molar-refractivity contribution in [2.45, 2.75) is 26.6 Å². The van der Waals surface area contributed by atoms with Crippen LogP contribution in [0.2, 0.25) is 0 Å². The maximum absolute atomic E-state index is 13.3. The first-order valence-electron chi connectivity index (χ1n) is 6.43. The Kier molecular flexibility index (Phi) is 3.97. The molecule has 1 fully saturated rings. The fourth-order valence-electron chi connectivity index (χ4n) is 1.85. The van der Waals surface area contributed by atoms with Gasteiger partial charge in [0.15, 0.2) is 0 Å². The van der Waals surface area contributed by atoms with Gasteiger partial charge in [0.25, 0.3) is 5.79 Å². The molecule has 21 heavy (non-hydrogen) atoms. The van der Waals surface area contributed by atoms with Crippen molar-refractivity contribution in [3.63, 3.8) is 0 Å². The molecule has 5 nitrogen and oxygen atoms in total. The van der Waals surface area contributed by atoms with Gasteiger partial charge < -0.3 is 14.2 Å². The summed E-state index contributed by atoms with van der Waals surface area (Å²) in [7, 11) is 0. The van der Waals surface area contributed by atoms with Crippen molar-refractivity contribution in [1.29, 1.82) is 0 Å². The predicted molar refractivity (Wildman–Crippen MR) is 71.8 cm³/mol. The largest absolute Gasteiger partial charge is 0.493 e. The number of ether oxygens (including phenoxy) is 3. The minimum absolute atomic E-state index is 0.264. The number of carbonyl (C=O) groups excluding carboxylic acids is 2. The van der Waals surface area contributed by atoms with E-state index in [9.17, 15) is 14.0 Å². The van der Waals surface area contributed by atoms with E-state index in [1.54, 1.807) is 6.92 Å². The summed E-state index contributed by atoms with van der Waals surface area (Å²) in [6.07, 6.45) is 1.20. The lowest BCUT2D eigenvalue weighted by Gasteiger charge is -2.29. The third-order valence-corrected chi connectivity index (χ3v) is 2.69. The van der Waals surface area contributed by atoms with Crippen molar-refractivity contribution in [3.8, 4) is 5.75 Å². The summed E-state index contributed by atoms with van der Waals surface area (Å²) in [6.45, 7) is 5.04. The van der Waals surface area contributed by atoms with Crippen LogP contribution in [-0.4, -0.2) is 24.3 Å². The quantitative estimate of drug-likeness (QED) is 0.487. The number of hydrogen-bond donors (Lipinski definition) is 0. The van der Waals surface area contributed by atoms with Crippen molar-refractivity contribution >= 4 is 18.0 Å². The molecular formula is C15H15FO5. The molecule has 1 aromatic rings. The second kappa shape index (κ2) is 5.55. The molecular weight excluding hydrogens is 279 g/mol. The van der Waals surface area contributed by atoms with E-state index in [4.69, 9.17) is 14.2 Å². The minimum atomic E-state index is -1.31. The predicted octanol–water partition coefficient (Wildman–Crippen LogP) is 2.44. The van der Waals surface area contributed by atoms with Gasteiger partial charge in [-0.25, -0.2) is 14.0 Å². The summed E-state index contributed by atoms with van der Waals surface area (Å²) in [6, 6.07) is 3.82. The minimum Gasteiger partial charge on any atom is -0.493 e. The van der Waals surface area contributed by atoms with Crippen LogP contribution in [0.4, 0.5) is 4.39 Å². The van der Waals surface area contributed by atoms with E-state index in [1.807, 2.05) is 0 Å². The summed E-state index contributed by atoms with van der Waals surface area (Å²) in [4.78, 5) is 23.7. The van der Waals surface area contributed by atoms with Crippen LogP contribution in [0.15, 0.2) is 23.8 Å². The summed E-state index contributed by atoms with van der Waals surface area (Å²) < 4.78 is 28.6. The molecule has 6 heteroatoms. The molecule has 1 aromatic carbocycles. The van der Waals surface area contributed by atoms with Crippen LogP contribution < -0.4 is 4.74 Å². The molecule has 0 aromatic heterocycles. The van der Waals surface area contributed by atoms with Gasteiger partial charge in [0.1, 0.15) is 17.1 Å². The number of rotatable bonds is 3. The standard InChI is InChI=1S/C15H15FO5/c1-4-19-12-6-5-10(16)7-9(12)8-11-13(17)20-15(2,3)21-14(11)18/h5-8H,4H2,1-3H3. The third kappa shape index (κ3) is 3.39. The average molecular weight is 294 g/mol. The van der Waals surface area contributed by atoms with Crippen LogP contribution in [0.25, 0.3) is 6.08 Å². The lowest BCUT2D eigenvalue weighted by atomic mass is 10.1. The Morgan fingerprint density at radius 3 is 2.43 bits per heavy atom. The number of halogens is 1. The first kappa shape index (κ1) is 15.0. The average Bonchev–Trinajstić information content (AvgIpc) is 2.36. The van der Waals surface area contributed by atoms with Gasteiger partial charge in [-0.1, -0.05) is 0 Å². The molecule has 1 aliphatic heterocycles. The number of cyclic esters (lactones) is 2. The van der Waals surface area contributed by atoms with Crippen molar-refractivity contribution in [2.24, 2.45) is 0 Å². The van der Waals surface area contributed by atoms with E-state index in [1.165, 1.54) is 32.1 Å². The van der Waals surface area contributed by atoms with Crippen molar-refractivity contribution in [2.75, 3.05) is 6.61 Å². The van der Waals surface area contributed by atoms with E-state index in [0.29, 0.717) is 12.4 Å². The molecule has 0 saturated carbocycles. The molecule has 1 saturated heterocycles. The number of carbonyl (C=O) groups is 2. The Hall–Kier alpha value is -2.37. The summed E-state index contributed by atoms with van der Waals surface area (Å²) >= 11 is 0. The highest BCUT2D eigenvalue weighted by molar-refractivity contribution is 6.19. The zero-order valence-electron chi connectivity index (χ0n) is 11.9. The topological polar surface area (TPSA) is 61.8 Å². The van der Waals surface area contributed by atoms with E-state index in [-0.39, 0.29) is 11.1 Å². The van der Waals surface area contributed by atoms with Crippen molar-refractivity contribution < 1.29 is 28.2 Å². The number of benzene rings is 1. The highest BCUT2D eigenvalue weighted by Crippen LogP contribution is 2.27. The van der Waals surface area contributed by atoms with Crippen LogP contribution in [0.5, 0.6) is 5.75 Å². The van der Waals surface area contributed by atoms with Gasteiger partial charge in [-0.15, -0.1) is 0 Å². The lowest BCUT2D eigenvalue weighted by Crippen LogP contribution is -2.41. The zero-order valence-corrected chi connectivity index (χ0v) is 11.9. The number of hydrogen-bond acceptors (Lipinski definition) is 5. The molecule has 0 amide bonds. The van der Waals surface area contributed by atoms with Gasteiger partial charge in [-0.3, -0.25) is 0 Å². The SMILES string of the molecule is CCOc1ccc(F)cc1C=C1C(=O)OC(C)(C)OC1=O. The van der Waals surface area contributed by atoms with E-state index in [2.05, 4.69) is 0 Å². The van der Waals surface area contributed by atoms with Crippen LogP contribution in [0.3, 0.4) is 0 Å². The van der Waals surface area contributed by atoms with Crippen molar-refractivity contribution in [1.82, 2.24) is 0 Å². The summed E-state index contributed by atoms with van der Waals surface area (Å²) in [5.74, 6) is -3.10. The molecule has 0 aliphatic carbocycles. The molecule has 1 aliphatic rings. The molecule has 2 rings (SSSR count). The second-order valence-electron chi connectivity index (χ2n) is 4.85. The molecule has 0 N–H and O–H groups in total. The third-order valence-electron chi connectivity index (χ3n) is 2.69. The van der Waals surface area contributed by atoms with Gasteiger partial charge in [-0.05, 0) is 31.2 Å². The van der Waals surface area contributed by atoms with Gasteiger partial charge in [0.05, 0.1) is 6.61 Å². The molecule has 0 unspecified atom stereocenters. The Morgan fingerprint density at radius 2 is 1.86 bits per heavy atom. The highest BCUT2D eigenvalue weighted by Gasteiger charge is 2.39. The van der Waals surface area contributed by atoms with Crippen molar-refractivity contribution in [3.05, 3.63) is 35.2 Å². The Labute approximate surface area is 121 Å². The van der Waals surface area contributed by atoms with Gasteiger partial charge >= 0.3 is 11.9 Å². The molecule has 0 radical (unpaired) electrons. The van der Waals surface area contributed by atoms with E-state index < -0.39 is 23.5 Å². The van der Waals surface area contributed by atoms with Crippen LogP contribution >= 0.6 is 0 Å². The summed E-state index contributed by atoms with van der Waals surface area (Å²) in [5, 5.41) is 0. The lowest BCUT2D eigenvalue weighted by molar-refractivity contribution is -0.222. The Balaban J connectivity index is 2.41. The maximum Gasteiger partial charge on any atom is 0.348 e. The van der Waals surface area contributed by atoms with Crippen LogP contribution in [0.1, 0.15) is 26.3 Å². The van der Waals surface area contributed by atoms with E-state index in [0.717, 1.165) is 6.07 Å². The molecule has 1 heterocycles. The van der Waals surface area contributed by atoms with Crippen LogP contribution in [0, 0.1) is 5.82 Å². The van der Waals surface area contributed by atoms with Crippen LogP contribution in [-0.2, 0) is 19.1 Å². The monoisotopic (exact) mass is 294 g/mol. The second-order valence-corrected chi connectivity index (χ2v) is 4.85. The smallest absolute Gasteiger partial charge is 0.348 e. The van der Waals surface area contributed by atoms with Gasteiger partial charge in [0.2, 0.25) is 0 Å². The number of esters is 2. The normalized spacial score (nSPS) is 17.0. The zero-order chi connectivity index (χ0) is 15.6. The Morgan fingerprint density at radius 1 is 1.24 bits per heavy atom. The fraction of sp³-hybridized carbons (Fsp3) is 0.333. The molecule has 0 atom stereocenters.